The van der Waals surface area contributed by atoms with E-state index in [1.165, 1.54) is 38.5 Å². The zero-order valence-electron chi connectivity index (χ0n) is 12.2. The van der Waals surface area contributed by atoms with Crippen LogP contribution in [0.1, 0.15) is 38.5 Å². The van der Waals surface area contributed by atoms with Crippen LogP contribution in [0.5, 0.6) is 0 Å². The van der Waals surface area contributed by atoms with Crippen LogP contribution in [0, 0.1) is 5.92 Å². The summed E-state index contributed by atoms with van der Waals surface area (Å²) in [6.45, 7) is 5.46. The van der Waals surface area contributed by atoms with Crippen LogP contribution in [0.4, 0.5) is 0 Å². The van der Waals surface area contributed by atoms with Crippen molar-refractivity contribution in [1.82, 2.24) is 15.5 Å². The molecule has 1 amide bonds. The van der Waals surface area contributed by atoms with Gasteiger partial charge >= 0.3 is 0 Å². The molecule has 1 saturated heterocycles. The summed E-state index contributed by atoms with van der Waals surface area (Å²) in [4.78, 5) is 14.0. The zero-order chi connectivity index (χ0) is 12.6. The second-order valence-corrected chi connectivity index (χ2v) is 5.67. The Morgan fingerprint density at radius 3 is 2.40 bits per heavy atom. The molecule has 0 radical (unpaired) electrons. The van der Waals surface area contributed by atoms with E-state index in [0.29, 0.717) is 6.54 Å². The first kappa shape index (κ1) is 20.0. The Kier molecular flexibility index (Phi) is 11.6. The van der Waals surface area contributed by atoms with E-state index in [9.17, 15) is 4.79 Å². The number of carbonyl (C=O) groups excluding carboxylic acids is 1. The molecule has 1 aliphatic heterocycles. The smallest absolute Gasteiger partial charge is 0.234 e. The van der Waals surface area contributed by atoms with E-state index in [1.54, 1.807) is 0 Å². The SMILES string of the molecule is Cl.Cl.O=C(CN1CCNCC1)NCCC1CCCCC1. The van der Waals surface area contributed by atoms with E-state index in [0.717, 1.165) is 38.6 Å². The Balaban J connectivity index is 0.00000180. The predicted octanol–water partition coefficient (Wildman–Crippen LogP) is 1.82. The highest BCUT2D eigenvalue weighted by Gasteiger charge is 2.15. The molecule has 0 spiro atoms. The number of piperazine rings is 1. The second kappa shape index (κ2) is 11.6. The van der Waals surface area contributed by atoms with Gasteiger partial charge in [0, 0.05) is 32.7 Å². The molecule has 0 unspecified atom stereocenters. The van der Waals surface area contributed by atoms with Crippen molar-refractivity contribution in [2.24, 2.45) is 5.92 Å². The number of carbonyl (C=O) groups is 1. The Bertz CT molecular complexity index is 255. The molecule has 20 heavy (non-hydrogen) atoms. The third-order valence-electron chi connectivity index (χ3n) is 4.18. The molecule has 2 fully saturated rings. The van der Waals surface area contributed by atoms with E-state index in [-0.39, 0.29) is 30.7 Å². The van der Waals surface area contributed by atoms with E-state index in [4.69, 9.17) is 0 Å². The van der Waals surface area contributed by atoms with Gasteiger partial charge < -0.3 is 10.6 Å². The largest absolute Gasteiger partial charge is 0.355 e. The lowest BCUT2D eigenvalue weighted by Gasteiger charge is -2.26. The molecule has 1 aliphatic carbocycles. The third-order valence-corrected chi connectivity index (χ3v) is 4.18. The molecule has 2 N–H and O–H groups in total. The number of hydrogen-bond donors (Lipinski definition) is 2. The summed E-state index contributed by atoms with van der Waals surface area (Å²) in [6, 6.07) is 0. The molecule has 4 nitrogen and oxygen atoms in total. The van der Waals surface area contributed by atoms with Crippen LogP contribution in [0.2, 0.25) is 0 Å². The van der Waals surface area contributed by atoms with Gasteiger partial charge in [-0.25, -0.2) is 0 Å². The minimum atomic E-state index is 0. The molecule has 2 aliphatic rings. The highest BCUT2D eigenvalue weighted by Crippen LogP contribution is 2.25. The molecule has 1 heterocycles. The number of nitrogens with zero attached hydrogens (tertiary/aromatic N) is 1. The summed E-state index contributed by atoms with van der Waals surface area (Å²) in [5, 5.41) is 6.38. The fourth-order valence-electron chi connectivity index (χ4n) is 3.02. The van der Waals surface area contributed by atoms with Crippen molar-refractivity contribution in [2.75, 3.05) is 39.3 Å². The van der Waals surface area contributed by atoms with Gasteiger partial charge in [0.05, 0.1) is 6.54 Å². The van der Waals surface area contributed by atoms with Gasteiger partial charge in [0.2, 0.25) is 5.91 Å². The molecule has 0 aromatic heterocycles. The lowest BCUT2D eigenvalue weighted by atomic mass is 9.87. The first-order valence-electron chi connectivity index (χ1n) is 7.54. The molecule has 0 aromatic carbocycles. The van der Waals surface area contributed by atoms with Gasteiger partial charge in [0.1, 0.15) is 0 Å². The minimum absolute atomic E-state index is 0. The van der Waals surface area contributed by atoms with Crippen LogP contribution in [-0.4, -0.2) is 50.1 Å². The summed E-state index contributed by atoms with van der Waals surface area (Å²) < 4.78 is 0. The second-order valence-electron chi connectivity index (χ2n) is 5.67. The minimum Gasteiger partial charge on any atom is -0.355 e. The molecular weight excluding hydrogens is 297 g/mol. The van der Waals surface area contributed by atoms with Gasteiger partial charge in [-0.05, 0) is 12.3 Å². The molecule has 6 heteroatoms. The quantitative estimate of drug-likeness (QED) is 0.810. The fraction of sp³-hybridized carbons (Fsp3) is 0.929. The van der Waals surface area contributed by atoms with Gasteiger partial charge in [-0.3, -0.25) is 9.69 Å². The number of nitrogens with one attached hydrogen (secondary N) is 2. The van der Waals surface area contributed by atoms with Crippen LogP contribution in [0.3, 0.4) is 0 Å². The normalized spacial score (nSPS) is 20.6. The molecule has 120 valence electrons. The fourth-order valence-corrected chi connectivity index (χ4v) is 3.02. The summed E-state index contributed by atoms with van der Waals surface area (Å²) in [5.74, 6) is 1.06. The summed E-state index contributed by atoms with van der Waals surface area (Å²) in [6.07, 6.45) is 8.10. The maximum absolute atomic E-state index is 11.8. The lowest BCUT2D eigenvalue weighted by Crippen LogP contribution is -2.47. The monoisotopic (exact) mass is 325 g/mol. The lowest BCUT2D eigenvalue weighted by molar-refractivity contribution is -0.122. The van der Waals surface area contributed by atoms with E-state index < -0.39 is 0 Å². The van der Waals surface area contributed by atoms with E-state index in [1.807, 2.05) is 0 Å². The number of rotatable bonds is 5. The molecule has 1 saturated carbocycles. The Morgan fingerprint density at radius 1 is 1.10 bits per heavy atom. The summed E-state index contributed by atoms with van der Waals surface area (Å²) in [5.41, 5.74) is 0. The average molecular weight is 326 g/mol. The standard InChI is InChI=1S/C14H27N3O.2ClH/c18-14(12-17-10-8-15-9-11-17)16-7-6-13-4-2-1-3-5-13;;/h13,15H,1-12H2,(H,16,18);2*1H. The molecule has 0 atom stereocenters. The van der Waals surface area contributed by atoms with Crippen molar-refractivity contribution in [3.63, 3.8) is 0 Å². The predicted molar refractivity (Wildman–Crippen MR) is 88.0 cm³/mol. The van der Waals surface area contributed by atoms with Crippen molar-refractivity contribution >= 4 is 30.7 Å². The van der Waals surface area contributed by atoms with Crippen LogP contribution in [-0.2, 0) is 4.79 Å². The van der Waals surface area contributed by atoms with Crippen LogP contribution in [0.25, 0.3) is 0 Å². The zero-order valence-corrected chi connectivity index (χ0v) is 13.9. The van der Waals surface area contributed by atoms with Crippen molar-refractivity contribution in [3.05, 3.63) is 0 Å². The average Bonchev–Trinajstić information content (AvgIpc) is 2.41. The molecule has 0 aromatic rings. The number of hydrogen-bond acceptors (Lipinski definition) is 3. The number of halogens is 2. The van der Waals surface area contributed by atoms with E-state index >= 15 is 0 Å². The third kappa shape index (κ3) is 7.67. The molecule has 0 bridgehead atoms. The maximum atomic E-state index is 11.8. The highest BCUT2D eigenvalue weighted by atomic mass is 35.5. The Hall–Kier alpha value is -0.0300. The van der Waals surface area contributed by atoms with Crippen LogP contribution >= 0.6 is 24.8 Å². The van der Waals surface area contributed by atoms with Crippen molar-refractivity contribution < 1.29 is 4.79 Å². The van der Waals surface area contributed by atoms with Crippen molar-refractivity contribution in [1.29, 1.82) is 0 Å². The number of amides is 1. The van der Waals surface area contributed by atoms with Gasteiger partial charge in [-0.15, -0.1) is 24.8 Å². The topological polar surface area (TPSA) is 44.4 Å². The van der Waals surface area contributed by atoms with E-state index in [2.05, 4.69) is 15.5 Å². The maximum Gasteiger partial charge on any atom is 0.234 e. The molecule has 2 rings (SSSR count). The van der Waals surface area contributed by atoms with Gasteiger partial charge in [0.15, 0.2) is 0 Å². The highest BCUT2D eigenvalue weighted by molar-refractivity contribution is 5.85. The first-order chi connectivity index (χ1) is 8.84. The van der Waals surface area contributed by atoms with Crippen LogP contribution in [0.15, 0.2) is 0 Å². The summed E-state index contributed by atoms with van der Waals surface area (Å²) in [7, 11) is 0. The molecular formula is C14H29Cl2N3O. The van der Waals surface area contributed by atoms with Crippen molar-refractivity contribution in [2.45, 2.75) is 38.5 Å². The van der Waals surface area contributed by atoms with Crippen LogP contribution < -0.4 is 10.6 Å². The Labute approximate surface area is 135 Å². The van der Waals surface area contributed by atoms with Gasteiger partial charge in [0.25, 0.3) is 0 Å². The summed E-state index contributed by atoms with van der Waals surface area (Å²) >= 11 is 0. The van der Waals surface area contributed by atoms with Gasteiger partial charge in [-0.2, -0.15) is 0 Å². The Morgan fingerprint density at radius 2 is 1.75 bits per heavy atom. The van der Waals surface area contributed by atoms with Crippen molar-refractivity contribution in [3.8, 4) is 0 Å². The first-order valence-corrected chi connectivity index (χ1v) is 7.54. The van der Waals surface area contributed by atoms with Gasteiger partial charge in [-0.1, -0.05) is 32.1 Å².